The first-order valence-corrected chi connectivity index (χ1v) is 7.31. The second-order valence-electron chi connectivity index (χ2n) is 5.73. The molecule has 0 spiro atoms. The minimum atomic E-state index is -4.37. The fourth-order valence-corrected chi connectivity index (χ4v) is 2.83. The number of alkyl halides is 3. The Morgan fingerprint density at radius 2 is 2.00 bits per heavy atom. The van der Waals surface area contributed by atoms with Crippen molar-refractivity contribution in [2.75, 3.05) is 20.3 Å². The zero-order valence-corrected chi connectivity index (χ0v) is 12.5. The first-order valence-electron chi connectivity index (χ1n) is 7.31. The van der Waals surface area contributed by atoms with E-state index in [2.05, 4.69) is 5.32 Å². The van der Waals surface area contributed by atoms with Crippen LogP contribution in [0.5, 0.6) is 0 Å². The number of amides is 1. The monoisotopic (exact) mass is 315 g/mol. The first-order chi connectivity index (χ1) is 10.4. The third kappa shape index (κ3) is 3.61. The smallest absolute Gasteiger partial charge is 0.384 e. The van der Waals surface area contributed by atoms with E-state index in [-0.39, 0.29) is 24.4 Å². The summed E-state index contributed by atoms with van der Waals surface area (Å²) in [5.41, 5.74) is -0.928. The summed E-state index contributed by atoms with van der Waals surface area (Å²) < 4.78 is 43.7. The van der Waals surface area contributed by atoms with Crippen molar-refractivity contribution in [2.24, 2.45) is 5.41 Å². The molecule has 1 aromatic rings. The minimum absolute atomic E-state index is 0.120. The van der Waals surface area contributed by atoms with E-state index >= 15 is 0 Å². The number of methoxy groups -OCH3 is 1. The van der Waals surface area contributed by atoms with E-state index in [1.54, 1.807) is 13.2 Å². The van der Waals surface area contributed by atoms with E-state index in [4.69, 9.17) is 4.74 Å². The average Bonchev–Trinajstić information content (AvgIpc) is 2.42. The number of benzene rings is 1. The predicted molar refractivity (Wildman–Crippen MR) is 76.3 cm³/mol. The molecule has 0 unspecified atom stereocenters. The highest BCUT2D eigenvalue weighted by Gasteiger charge is 2.44. The maximum atomic E-state index is 12.9. The molecule has 122 valence electrons. The summed E-state index contributed by atoms with van der Waals surface area (Å²) in [6, 6.07) is 5.45. The van der Waals surface area contributed by atoms with Gasteiger partial charge in [0.25, 0.3) is 0 Å². The van der Waals surface area contributed by atoms with Gasteiger partial charge in [-0.1, -0.05) is 24.6 Å². The highest BCUT2D eigenvalue weighted by atomic mass is 19.4. The SMILES string of the molecule is COCC1(C(=O)NCCc2ccccc2C(F)(F)F)CCC1. The molecule has 0 bridgehead atoms. The van der Waals surface area contributed by atoms with Gasteiger partial charge in [-0.2, -0.15) is 13.2 Å². The summed E-state index contributed by atoms with van der Waals surface area (Å²) in [7, 11) is 1.55. The predicted octanol–water partition coefficient (Wildman–Crippen LogP) is 3.18. The lowest BCUT2D eigenvalue weighted by Crippen LogP contribution is -2.49. The number of rotatable bonds is 6. The Hall–Kier alpha value is -1.56. The van der Waals surface area contributed by atoms with Gasteiger partial charge >= 0.3 is 6.18 Å². The van der Waals surface area contributed by atoms with Crippen LogP contribution in [0.3, 0.4) is 0 Å². The van der Waals surface area contributed by atoms with Gasteiger partial charge in [-0.05, 0) is 30.9 Å². The van der Waals surface area contributed by atoms with E-state index in [0.717, 1.165) is 25.3 Å². The zero-order valence-electron chi connectivity index (χ0n) is 12.5. The normalized spacial score (nSPS) is 16.9. The Bertz CT molecular complexity index is 524. The lowest BCUT2D eigenvalue weighted by Gasteiger charge is -2.39. The number of carbonyl (C=O) groups excluding carboxylic acids is 1. The van der Waals surface area contributed by atoms with Crippen LogP contribution in [-0.4, -0.2) is 26.2 Å². The van der Waals surface area contributed by atoms with Crippen molar-refractivity contribution < 1.29 is 22.7 Å². The van der Waals surface area contributed by atoms with Crippen LogP contribution in [0.1, 0.15) is 30.4 Å². The van der Waals surface area contributed by atoms with E-state index in [1.165, 1.54) is 12.1 Å². The second kappa shape index (κ2) is 6.69. The van der Waals surface area contributed by atoms with Gasteiger partial charge in [0.15, 0.2) is 0 Å². The van der Waals surface area contributed by atoms with Crippen molar-refractivity contribution in [1.29, 1.82) is 0 Å². The Morgan fingerprint density at radius 3 is 2.55 bits per heavy atom. The van der Waals surface area contributed by atoms with Crippen LogP contribution >= 0.6 is 0 Å². The van der Waals surface area contributed by atoms with Crippen molar-refractivity contribution in [3.63, 3.8) is 0 Å². The van der Waals surface area contributed by atoms with Crippen LogP contribution < -0.4 is 5.32 Å². The van der Waals surface area contributed by atoms with Gasteiger partial charge in [0, 0.05) is 13.7 Å². The molecule has 0 heterocycles. The largest absolute Gasteiger partial charge is 0.416 e. The molecule has 0 radical (unpaired) electrons. The zero-order chi connectivity index (χ0) is 16.2. The summed E-state index contributed by atoms with van der Waals surface area (Å²) in [5, 5.41) is 2.75. The molecule has 1 aliphatic carbocycles. The van der Waals surface area contributed by atoms with Crippen LogP contribution in [0.15, 0.2) is 24.3 Å². The fraction of sp³-hybridized carbons (Fsp3) is 0.562. The van der Waals surface area contributed by atoms with E-state index in [0.29, 0.717) is 6.61 Å². The number of hydrogen-bond acceptors (Lipinski definition) is 2. The third-order valence-corrected chi connectivity index (χ3v) is 4.22. The third-order valence-electron chi connectivity index (χ3n) is 4.22. The van der Waals surface area contributed by atoms with Crippen molar-refractivity contribution in [3.8, 4) is 0 Å². The van der Waals surface area contributed by atoms with Gasteiger partial charge in [0.05, 0.1) is 17.6 Å². The molecule has 0 atom stereocenters. The molecular formula is C16H20F3NO2. The van der Waals surface area contributed by atoms with Gasteiger partial charge in [-0.3, -0.25) is 4.79 Å². The lowest BCUT2D eigenvalue weighted by atomic mass is 9.68. The second-order valence-corrected chi connectivity index (χ2v) is 5.73. The van der Waals surface area contributed by atoms with E-state index in [1.807, 2.05) is 0 Å². The summed E-state index contributed by atoms with van der Waals surface area (Å²) >= 11 is 0. The molecular weight excluding hydrogens is 295 g/mol. The van der Waals surface area contributed by atoms with Crippen molar-refractivity contribution >= 4 is 5.91 Å². The van der Waals surface area contributed by atoms with Gasteiger partial charge < -0.3 is 10.1 Å². The molecule has 2 rings (SSSR count). The first kappa shape index (κ1) is 16.8. The number of halogens is 3. The number of ether oxygens (including phenoxy) is 1. The Morgan fingerprint density at radius 1 is 1.32 bits per heavy atom. The van der Waals surface area contributed by atoms with Crippen LogP contribution in [0.4, 0.5) is 13.2 Å². The molecule has 1 aromatic carbocycles. The molecule has 1 amide bonds. The maximum absolute atomic E-state index is 12.9. The molecule has 0 aliphatic heterocycles. The number of nitrogens with one attached hydrogen (secondary N) is 1. The molecule has 0 aromatic heterocycles. The van der Waals surface area contributed by atoms with E-state index in [9.17, 15) is 18.0 Å². The molecule has 22 heavy (non-hydrogen) atoms. The Kier molecular flexibility index (Phi) is 5.11. The topological polar surface area (TPSA) is 38.3 Å². The van der Waals surface area contributed by atoms with Crippen LogP contribution in [0.2, 0.25) is 0 Å². The number of hydrogen-bond donors (Lipinski definition) is 1. The Balaban J connectivity index is 1.93. The van der Waals surface area contributed by atoms with Crippen LogP contribution in [-0.2, 0) is 22.1 Å². The molecule has 1 aliphatic rings. The maximum Gasteiger partial charge on any atom is 0.416 e. The minimum Gasteiger partial charge on any atom is -0.384 e. The average molecular weight is 315 g/mol. The molecule has 1 fully saturated rings. The quantitative estimate of drug-likeness (QED) is 0.875. The van der Waals surface area contributed by atoms with Gasteiger partial charge in [0.1, 0.15) is 0 Å². The highest BCUT2D eigenvalue weighted by Crippen LogP contribution is 2.41. The summed E-state index contributed by atoms with van der Waals surface area (Å²) in [4.78, 5) is 12.2. The van der Waals surface area contributed by atoms with Crippen molar-refractivity contribution in [1.82, 2.24) is 5.32 Å². The standard InChI is InChI=1S/C16H20F3NO2/c1-22-11-15(8-4-9-15)14(21)20-10-7-12-5-2-3-6-13(12)16(17,18)19/h2-3,5-6H,4,7-11H2,1H3,(H,20,21). The summed E-state index contributed by atoms with van der Waals surface area (Å²) in [6.45, 7) is 0.551. The van der Waals surface area contributed by atoms with Crippen molar-refractivity contribution in [3.05, 3.63) is 35.4 Å². The number of carbonyl (C=O) groups is 1. The van der Waals surface area contributed by atoms with Crippen molar-refractivity contribution in [2.45, 2.75) is 31.9 Å². The van der Waals surface area contributed by atoms with Crippen LogP contribution in [0.25, 0.3) is 0 Å². The van der Waals surface area contributed by atoms with E-state index < -0.39 is 17.2 Å². The molecule has 3 nitrogen and oxygen atoms in total. The molecule has 1 N–H and O–H groups in total. The lowest BCUT2D eigenvalue weighted by molar-refractivity contribution is -0.140. The fourth-order valence-electron chi connectivity index (χ4n) is 2.83. The van der Waals surface area contributed by atoms with Gasteiger partial charge in [-0.15, -0.1) is 0 Å². The highest BCUT2D eigenvalue weighted by molar-refractivity contribution is 5.83. The Labute approximate surface area is 127 Å². The van der Waals surface area contributed by atoms with Gasteiger partial charge in [-0.25, -0.2) is 0 Å². The van der Waals surface area contributed by atoms with Gasteiger partial charge in [0.2, 0.25) is 5.91 Å². The molecule has 1 saturated carbocycles. The summed E-state index contributed by atoms with van der Waals surface area (Å²) in [5.74, 6) is -0.120. The molecule has 0 saturated heterocycles. The summed E-state index contributed by atoms with van der Waals surface area (Å²) in [6.07, 6.45) is -1.69. The molecule has 6 heteroatoms. The van der Waals surface area contributed by atoms with Crippen LogP contribution in [0, 0.1) is 5.41 Å².